The summed E-state index contributed by atoms with van der Waals surface area (Å²) in [6.45, 7) is 2.21. The Kier molecular flexibility index (Phi) is 6.58. The molecule has 0 saturated carbocycles. The number of urea groups is 1. The predicted octanol–water partition coefficient (Wildman–Crippen LogP) is 3.74. The molecule has 0 bridgehead atoms. The molecule has 9 heteroatoms. The normalized spacial score (nSPS) is 14.8. The first kappa shape index (κ1) is 21.9. The predicted molar refractivity (Wildman–Crippen MR) is 123 cm³/mol. The highest BCUT2D eigenvalue weighted by atomic mass is 16.5. The van der Waals surface area contributed by atoms with Crippen LogP contribution in [0.4, 0.5) is 21.9 Å². The van der Waals surface area contributed by atoms with Gasteiger partial charge in [0.25, 0.3) is 5.91 Å². The fourth-order valence-electron chi connectivity index (χ4n) is 3.42. The first-order valence-corrected chi connectivity index (χ1v) is 10.5. The molecule has 3 aromatic rings. The first-order valence-electron chi connectivity index (χ1n) is 10.5. The number of hydrogen-bond acceptors (Lipinski definition) is 5. The molecule has 3 N–H and O–H groups in total. The second-order valence-electron chi connectivity index (χ2n) is 7.48. The van der Waals surface area contributed by atoms with Crippen molar-refractivity contribution in [2.24, 2.45) is 0 Å². The zero-order chi connectivity index (χ0) is 23.2. The molecule has 0 aliphatic carbocycles. The number of carbonyl (C=O) groups is 3. The van der Waals surface area contributed by atoms with Crippen LogP contribution in [0.25, 0.3) is 0 Å². The average molecular weight is 448 g/mol. The van der Waals surface area contributed by atoms with Gasteiger partial charge in [0, 0.05) is 24.3 Å². The Hall–Kier alpha value is -4.27. The van der Waals surface area contributed by atoms with Gasteiger partial charge in [0.15, 0.2) is 6.10 Å². The highest BCUT2D eigenvalue weighted by molar-refractivity contribution is 6.01. The molecule has 4 amide bonds. The van der Waals surface area contributed by atoms with Gasteiger partial charge in [-0.3, -0.25) is 9.59 Å². The van der Waals surface area contributed by atoms with Gasteiger partial charge in [-0.05, 0) is 55.5 Å². The third-order valence-corrected chi connectivity index (χ3v) is 5.07. The lowest BCUT2D eigenvalue weighted by atomic mass is 10.1. The number of benzene rings is 2. The van der Waals surface area contributed by atoms with Gasteiger partial charge in [-0.1, -0.05) is 12.1 Å². The summed E-state index contributed by atoms with van der Waals surface area (Å²) >= 11 is 0. The molecule has 0 spiro atoms. The number of ether oxygens (including phenoxy) is 1. The molecule has 2 heterocycles. The van der Waals surface area contributed by atoms with Crippen LogP contribution in [0.5, 0.6) is 5.75 Å². The van der Waals surface area contributed by atoms with E-state index in [1.807, 2.05) is 12.1 Å². The number of carbonyl (C=O) groups excluding carboxylic acids is 3. The molecule has 1 aliphatic rings. The lowest BCUT2D eigenvalue weighted by molar-refractivity contribution is -0.125. The van der Waals surface area contributed by atoms with Crippen molar-refractivity contribution in [2.45, 2.75) is 26.0 Å². The number of amides is 4. The maximum absolute atomic E-state index is 12.5. The van der Waals surface area contributed by atoms with E-state index in [2.05, 4.69) is 16.0 Å². The average Bonchev–Trinajstić information content (AvgIpc) is 3.33. The highest BCUT2D eigenvalue weighted by Crippen LogP contribution is 2.33. The molecule has 1 aromatic heterocycles. The van der Waals surface area contributed by atoms with Crippen LogP contribution in [0.3, 0.4) is 0 Å². The highest BCUT2D eigenvalue weighted by Gasteiger charge is 2.31. The molecular formula is C24H24N4O5. The van der Waals surface area contributed by atoms with Gasteiger partial charge < -0.3 is 30.0 Å². The lowest BCUT2D eigenvalue weighted by Crippen LogP contribution is -2.45. The van der Waals surface area contributed by atoms with E-state index in [1.165, 1.54) is 0 Å². The van der Waals surface area contributed by atoms with Crippen LogP contribution in [0.1, 0.15) is 19.1 Å². The molecule has 2 aromatic carbocycles. The minimum atomic E-state index is -0.598. The Balaban J connectivity index is 1.27. The van der Waals surface area contributed by atoms with Crippen molar-refractivity contribution in [3.8, 4) is 5.75 Å². The quantitative estimate of drug-likeness (QED) is 0.510. The Morgan fingerprint density at radius 1 is 0.970 bits per heavy atom. The van der Waals surface area contributed by atoms with Crippen LogP contribution < -0.4 is 25.6 Å². The number of furan rings is 1. The summed E-state index contributed by atoms with van der Waals surface area (Å²) in [6, 6.07) is 17.2. The van der Waals surface area contributed by atoms with Crippen molar-refractivity contribution in [3.63, 3.8) is 0 Å². The second kappa shape index (κ2) is 9.90. The fourth-order valence-corrected chi connectivity index (χ4v) is 3.42. The molecule has 1 aliphatic heterocycles. The maximum Gasteiger partial charge on any atom is 0.319 e. The van der Waals surface area contributed by atoms with Crippen molar-refractivity contribution in [3.05, 3.63) is 72.7 Å². The van der Waals surface area contributed by atoms with Gasteiger partial charge >= 0.3 is 6.03 Å². The van der Waals surface area contributed by atoms with Crippen LogP contribution >= 0.6 is 0 Å². The summed E-state index contributed by atoms with van der Waals surface area (Å²) in [6.07, 6.45) is 1.07. The van der Waals surface area contributed by atoms with Crippen LogP contribution in [0.2, 0.25) is 0 Å². The smallest absolute Gasteiger partial charge is 0.319 e. The van der Waals surface area contributed by atoms with Crippen molar-refractivity contribution < 1.29 is 23.5 Å². The summed E-state index contributed by atoms with van der Waals surface area (Å²) in [5.41, 5.74) is 1.83. The van der Waals surface area contributed by atoms with Crippen molar-refractivity contribution in [1.82, 2.24) is 5.32 Å². The van der Waals surface area contributed by atoms with E-state index < -0.39 is 6.10 Å². The zero-order valence-corrected chi connectivity index (χ0v) is 18.0. The van der Waals surface area contributed by atoms with Gasteiger partial charge in [0.2, 0.25) is 5.91 Å². The minimum Gasteiger partial charge on any atom is -0.479 e. The standard InChI is InChI=1S/C24H24N4O5/c1-16-23(30)28(20-6-2-3-7-21(20)33-16)13-12-22(29)26-17-8-10-18(11-9-17)27-24(31)25-15-19-5-4-14-32-19/h2-11,14,16H,12-13,15H2,1H3,(H,26,29)(H2,25,27,31). The van der Waals surface area contributed by atoms with E-state index in [4.69, 9.17) is 9.15 Å². The van der Waals surface area contributed by atoms with E-state index in [-0.39, 0.29) is 37.4 Å². The molecule has 33 heavy (non-hydrogen) atoms. The summed E-state index contributed by atoms with van der Waals surface area (Å²) in [5.74, 6) is 0.875. The number of nitrogens with one attached hydrogen (secondary N) is 3. The monoisotopic (exact) mass is 448 g/mol. The Morgan fingerprint density at radius 2 is 1.70 bits per heavy atom. The topological polar surface area (TPSA) is 113 Å². The molecule has 170 valence electrons. The molecule has 1 atom stereocenters. The van der Waals surface area contributed by atoms with Gasteiger partial charge in [-0.25, -0.2) is 4.79 Å². The summed E-state index contributed by atoms with van der Waals surface area (Å²) in [7, 11) is 0. The van der Waals surface area contributed by atoms with Crippen LogP contribution in [-0.4, -0.2) is 30.5 Å². The number of anilines is 3. The van der Waals surface area contributed by atoms with Gasteiger partial charge in [-0.15, -0.1) is 0 Å². The Bertz CT molecular complexity index is 1130. The van der Waals surface area contributed by atoms with Crippen LogP contribution in [0, 0.1) is 0 Å². The van der Waals surface area contributed by atoms with Gasteiger partial charge in [-0.2, -0.15) is 0 Å². The van der Waals surface area contributed by atoms with Gasteiger partial charge in [0.1, 0.15) is 11.5 Å². The number of nitrogens with zero attached hydrogens (tertiary/aromatic N) is 1. The zero-order valence-electron chi connectivity index (χ0n) is 18.0. The van der Waals surface area contributed by atoms with Crippen molar-refractivity contribution in [1.29, 1.82) is 0 Å². The summed E-state index contributed by atoms with van der Waals surface area (Å²) in [5, 5.41) is 8.21. The lowest BCUT2D eigenvalue weighted by Gasteiger charge is -2.32. The SMILES string of the molecule is CC1Oc2ccccc2N(CCC(=O)Nc2ccc(NC(=O)NCc3ccco3)cc2)C1=O. The van der Waals surface area contributed by atoms with Crippen LogP contribution in [0.15, 0.2) is 71.3 Å². The third kappa shape index (κ3) is 5.51. The molecule has 9 nitrogen and oxygen atoms in total. The number of hydrogen-bond donors (Lipinski definition) is 3. The van der Waals surface area contributed by atoms with Crippen LogP contribution in [-0.2, 0) is 16.1 Å². The Labute approximate surface area is 190 Å². The number of para-hydroxylation sites is 2. The van der Waals surface area contributed by atoms with E-state index in [0.29, 0.717) is 28.6 Å². The number of fused-ring (bicyclic) bond motifs is 1. The minimum absolute atomic E-state index is 0.127. The first-order chi connectivity index (χ1) is 16.0. The molecule has 0 radical (unpaired) electrons. The van der Waals surface area contributed by atoms with Crippen molar-refractivity contribution >= 4 is 34.9 Å². The number of rotatable bonds is 7. The third-order valence-electron chi connectivity index (χ3n) is 5.07. The van der Waals surface area contributed by atoms with E-state index in [1.54, 1.807) is 66.6 Å². The van der Waals surface area contributed by atoms with E-state index in [9.17, 15) is 14.4 Å². The van der Waals surface area contributed by atoms with Gasteiger partial charge in [0.05, 0.1) is 18.5 Å². The fraction of sp³-hybridized carbons (Fsp3) is 0.208. The summed E-state index contributed by atoms with van der Waals surface area (Å²) < 4.78 is 10.8. The van der Waals surface area contributed by atoms with Crippen molar-refractivity contribution in [2.75, 3.05) is 22.1 Å². The largest absolute Gasteiger partial charge is 0.479 e. The summed E-state index contributed by atoms with van der Waals surface area (Å²) in [4.78, 5) is 38.5. The Morgan fingerprint density at radius 3 is 2.42 bits per heavy atom. The second-order valence-corrected chi connectivity index (χ2v) is 7.48. The van der Waals surface area contributed by atoms with E-state index >= 15 is 0 Å². The molecule has 1 unspecified atom stereocenters. The molecule has 4 rings (SSSR count). The van der Waals surface area contributed by atoms with E-state index in [0.717, 1.165) is 0 Å². The molecule has 0 fully saturated rings. The molecular weight excluding hydrogens is 424 g/mol. The molecule has 0 saturated heterocycles. The maximum atomic E-state index is 12.5.